The number of aromatic amines is 1. The van der Waals surface area contributed by atoms with E-state index in [9.17, 15) is 9.18 Å². The average molecular weight is 317 g/mol. The number of hydrogen-bond donors (Lipinski definition) is 3. The largest absolute Gasteiger partial charge is 0.349 e. The zero-order chi connectivity index (χ0) is 16.1. The van der Waals surface area contributed by atoms with E-state index in [1.165, 1.54) is 12.1 Å². The molecule has 0 bridgehead atoms. The molecule has 3 rings (SSSR count). The van der Waals surface area contributed by atoms with Crippen molar-refractivity contribution in [2.24, 2.45) is 0 Å². The van der Waals surface area contributed by atoms with Crippen molar-refractivity contribution < 1.29 is 9.18 Å². The van der Waals surface area contributed by atoms with Gasteiger partial charge in [0.05, 0.1) is 5.69 Å². The first-order valence-electron chi connectivity index (χ1n) is 7.75. The van der Waals surface area contributed by atoms with Gasteiger partial charge in [0.2, 0.25) is 0 Å². The summed E-state index contributed by atoms with van der Waals surface area (Å²) >= 11 is 0. The molecule has 122 valence electrons. The first-order chi connectivity index (χ1) is 11.2. The molecule has 0 spiro atoms. The fourth-order valence-electron chi connectivity index (χ4n) is 2.56. The topological polar surface area (TPSA) is 73.1 Å². The smallest absolute Gasteiger partial charge is 0.269 e. The Hall–Kier alpha value is -2.25. The molecule has 1 saturated heterocycles. The van der Waals surface area contributed by atoms with Crippen molar-refractivity contribution in [1.82, 2.24) is 25.7 Å². The van der Waals surface area contributed by atoms with Gasteiger partial charge < -0.3 is 10.6 Å². The summed E-state index contributed by atoms with van der Waals surface area (Å²) in [5.74, 6) is -0.476. The van der Waals surface area contributed by atoms with E-state index in [-0.39, 0.29) is 11.7 Å². The molecule has 1 aromatic carbocycles. The predicted octanol–water partition coefficient (Wildman–Crippen LogP) is 0.851. The monoisotopic (exact) mass is 317 g/mol. The number of carbonyl (C=O) groups excluding carboxylic acids is 1. The standard InChI is InChI=1S/C16H20FN5O/c17-13-3-1-12(2-4-13)14-11-15(21-20-14)16(23)19-7-10-22-8-5-18-6-9-22/h1-4,11,18H,5-10H2,(H,19,23)(H,20,21). The number of nitrogens with one attached hydrogen (secondary N) is 3. The number of rotatable bonds is 5. The van der Waals surface area contributed by atoms with Gasteiger partial charge in [-0.25, -0.2) is 4.39 Å². The van der Waals surface area contributed by atoms with Crippen LogP contribution in [0.4, 0.5) is 4.39 Å². The van der Waals surface area contributed by atoms with Crippen molar-refractivity contribution >= 4 is 5.91 Å². The minimum absolute atomic E-state index is 0.180. The molecule has 1 amide bonds. The second kappa shape index (κ2) is 7.34. The Morgan fingerprint density at radius 2 is 2.00 bits per heavy atom. The van der Waals surface area contributed by atoms with Gasteiger partial charge in [-0.2, -0.15) is 5.10 Å². The highest BCUT2D eigenvalue weighted by molar-refractivity contribution is 5.93. The van der Waals surface area contributed by atoms with Crippen molar-refractivity contribution in [2.75, 3.05) is 39.3 Å². The first kappa shape index (κ1) is 15.6. The van der Waals surface area contributed by atoms with Crippen molar-refractivity contribution in [3.63, 3.8) is 0 Å². The maximum absolute atomic E-state index is 12.9. The molecule has 2 aromatic rings. The van der Waals surface area contributed by atoms with Crippen LogP contribution in [0.2, 0.25) is 0 Å². The zero-order valence-corrected chi connectivity index (χ0v) is 12.8. The number of amides is 1. The summed E-state index contributed by atoms with van der Waals surface area (Å²) in [5, 5.41) is 13.0. The van der Waals surface area contributed by atoms with Crippen molar-refractivity contribution in [2.45, 2.75) is 0 Å². The van der Waals surface area contributed by atoms with E-state index in [0.29, 0.717) is 17.9 Å². The van der Waals surface area contributed by atoms with Gasteiger partial charge in [0.25, 0.3) is 5.91 Å². The Labute approximate surface area is 134 Å². The third-order valence-corrected chi connectivity index (χ3v) is 3.89. The number of H-pyrrole nitrogens is 1. The molecular weight excluding hydrogens is 297 g/mol. The van der Waals surface area contributed by atoms with Gasteiger partial charge in [-0.15, -0.1) is 0 Å². The molecule has 2 heterocycles. The summed E-state index contributed by atoms with van der Waals surface area (Å²) in [7, 11) is 0. The SMILES string of the molecule is O=C(NCCN1CCNCC1)c1cc(-c2ccc(F)cc2)n[nH]1. The number of piperazine rings is 1. The number of nitrogens with zero attached hydrogens (tertiary/aromatic N) is 2. The van der Waals surface area contributed by atoms with E-state index >= 15 is 0 Å². The molecule has 1 aliphatic heterocycles. The van der Waals surface area contributed by atoms with Crippen LogP contribution in [-0.4, -0.2) is 60.3 Å². The molecule has 0 saturated carbocycles. The molecule has 1 aliphatic rings. The molecule has 1 aromatic heterocycles. The first-order valence-corrected chi connectivity index (χ1v) is 7.75. The van der Waals surface area contributed by atoms with Gasteiger partial charge >= 0.3 is 0 Å². The van der Waals surface area contributed by atoms with Gasteiger partial charge in [-0.3, -0.25) is 14.8 Å². The van der Waals surface area contributed by atoms with Gasteiger partial charge in [-0.1, -0.05) is 0 Å². The number of benzene rings is 1. The average Bonchev–Trinajstić information content (AvgIpc) is 3.06. The molecule has 7 heteroatoms. The van der Waals surface area contributed by atoms with E-state index in [0.717, 1.165) is 38.3 Å². The van der Waals surface area contributed by atoms with E-state index < -0.39 is 0 Å². The van der Waals surface area contributed by atoms with E-state index in [1.54, 1.807) is 18.2 Å². The minimum atomic E-state index is -0.296. The molecule has 1 fully saturated rings. The van der Waals surface area contributed by atoms with Crippen LogP contribution in [0.15, 0.2) is 30.3 Å². The molecule has 0 aliphatic carbocycles. The van der Waals surface area contributed by atoms with Crippen molar-refractivity contribution in [3.05, 3.63) is 41.8 Å². The summed E-state index contributed by atoms with van der Waals surface area (Å²) in [6.07, 6.45) is 0. The lowest BCUT2D eigenvalue weighted by Gasteiger charge is -2.26. The third kappa shape index (κ3) is 4.14. The van der Waals surface area contributed by atoms with E-state index in [4.69, 9.17) is 0 Å². The Balaban J connectivity index is 1.52. The second-order valence-electron chi connectivity index (χ2n) is 5.52. The maximum atomic E-state index is 12.9. The molecular formula is C16H20FN5O. The molecule has 0 unspecified atom stereocenters. The van der Waals surface area contributed by atoms with E-state index in [1.807, 2.05) is 0 Å². The van der Waals surface area contributed by atoms with Gasteiger partial charge in [0.1, 0.15) is 11.5 Å². The van der Waals surface area contributed by atoms with E-state index in [2.05, 4.69) is 25.7 Å². The normalized spacial score (nSPS) is 15.5. The molecule has 3 N–H and O–H groups in total. The molecule has 23 heavy (non-hydrogen) atoms. The molecule has 0 radical (unpaired) electrons. The summed E-state index contributed by atoms with van der Waals surface area (Å²) in [6, 6.07) is 7.69. The minimum Gasteiger partial charge on any atom is -0.349 e. The Kier molecular flexibility index (Phi) is 4.99. The maximum Gasteiger partial charge on any atom is 0.269 e. The predicted molar refractivity (Wildman–Crippen MR) is 85.6 cm³/mol. The Morgan fingerprint density at radius 1 is 1.26 bits per heavy atom. The molecule has 0 atom stereocenters. The van der Waals surface area contributed by atoms with Crippen LogP contribution in [-0.2, 0) is 0 Å². The lowest BCUT2D eigenvalue weighted by atomic mass is 10.1. The summed E-state index contributed by atoms with van der Waals surface area (Å²) in [6.45, 7) is 5.45. The number of hydrogen-bond acceptors (Lipinski definition) is 4. The Bertz CT molecular complexity index is 649. The summed E-state index contributed by atoms with van der Waals surface area (Å²) in [5.41, 5.74) is 1.80. The summed E-state index contributed by atoms with van der Waals surface area (Å²) < 4.78 is 12.9. The van der Waals surface area contributed by atoms with Crippen molar-refractivity contribution in [3.8, 4) is 11.3 Å². The van der Waals surface area contributed by atoms with Crippen LogP contribution in [0.3, 0.4) is 0 Å². The quantitative estimate of drug-likeness (QED) is 0.764. The van der Waals surface area contributed by atoms with Crippen LogP contribution >= 0.6 is 0 Å². The van der Waals surface area contributed by atoms with Crippen LogP contribution in [0.5, 0.6) is 0 Å². The van der Waals surface area contributed by atoms with Crippen LogP contribution in [0.1, 0.15) is 10.5 Å². The van der Waals surface area contributed by atoms with Gasteiger partial charge in [-0.05, 0) is 30.3 Å². The summed E-state index contributed by atoms with van der Waals surface area (Å²) in [4.78, 5) is 14.4. The number of halogens is 1. The third-order valence-electron chi connectivity index (χ3n) is 3.89. The van der Waals surface area contributed by atoms with Crippen LogP contribution in [0, 0.1) is 5.82 Å². The van der Waals surface area contributed by atoms with Gasteiger partial charge in [0.15, 0.2) is 0 Å². The zero-order valence-electron chi connectivity index (χ0n) is 12.8. The van der Waals surface area contributed by atoms with Crippen LogP contribution in [0.25, 0.3) is 11.3 Å². The van der Waals surface area contributed by atoms with Crippen molar-refractivity contribution in [1.29, 1.82) is 0 Å². The fraction of sp³-hybridized carbons (Fsp3) is 0.375. The Morgan fingerprint density at radius 3 is 2.74 bits per heavy atom. The van der Waals surface area contributed by atoms with Crippen LogP contribution < -0.4 is 10.6 Å². The second-order valence-corrected chi connectivity index (χ2v) is 5.52. The number of carbonyl (C=O) groups is 1. The highest BCUT2D eigenvalue weighted by Crippen LogP contribution is 2.17. The number of aromatic nitrogens is 2. The van der Waals surface area contributed by atoms with Gasteiger partial charge in [0, 0.05) is 44.8 Å². The molecule has 6 nitrogen and oxygen atoms in total. The highest BCUT2D eigenvalue weighted by Gasteiger charge is 2.12. The lowest BCUT2D eigenvalue weighted by molar-refractivity contribution is 0.0942. The highest BCUT2D eigenvalue weighted by atomic mass is 19.1. The lowest BCUT2D eigenvalue weighted by Crippen LogP contribution is -2.46. The fourth-order valence-corrected chi connectivity index (χ4v) is 2.56.